The summed E-state index contributed by atoms with van der Waals surface area (Å²) in [6.07, 6.45) is 25.6. The molecule has 35 heavy (non-hydrogen) atoms. The fourth-order valence-corrected chi connectivity index (χ4v) is 4.90. The van der Waals surface area contributed by atoms with Gasteiger partial charge in [-0.15, -0.1) is 0 Å². The zero-order valence-electron chi connectivity index (χ0n) is 23.4. The third-order valence-electron chi connectivity index (χ3n) is 6.45. The second kappa shape index (κ2) is 28.3. The molecule has 0 rings (SSSR count). The number of carbonyl (C=O) groups excluding carboxylic acids is 1. The van der Waals surface area contributed by atoms with Crippen molar-refractivity contribution in [2.75, 3.05) is 33.9 Å². The van der Waals surface area contributed by atoms with Gasteiger partial charge in [0.15, 0.2) is 0 Å². The monoisotopic (exact) mass is 519 g/mol. The lowest BCUT2D eigenvalue weighted by Gasteiger charge is -2.17. The molecule has 0 aromatic rings. The van der Waals surface area contributed by atoms with Gasteiger partial charge in [-0.05, 0) is 39.9 Å². The van der Waals surface area contributed by atoms with Crippen LogP contribution >= 0.6 is 8.60 Å². The zero-order chi connectivity index (χ0) is 25.8. The summed E-state index contributed by atoms with van der Waals surface area (Å²) >= 11 is 0. The normalized spacial score (nSPS) is 13.3. The van der Waals surface area contributed by atoms with E-state index in [-0.39, 0.29) is 12.7 Å². The summed E-state index contributed by atoms with van der Waals surface area (Å²) in [7, 11) is 2.09. The van der Waals surface area contributed by atoms with Crippen molar-refractivity contribution >= 4 is 15.1 Å². The van der Waals surface area contributed by atoms with Crippen LogP contribution in [0.4, 0.5) is 0 Å². The standard InChI is InChI=1S/C28H58NO5P/c1-4-5-6-7-8-9-10-11-12-13-14-15-16-17-18-19-20-21-23-28(32-27-30)26-34-35(31)33-25-22-24-29(2)3/h27-28,31H,4-26H2,1-3H3. The molecule has 0 saturated heterocycles. The van der Waals surface area contributed by atoms with Gasteiger partial charge in [0.2, 0.25) is 0 Å². The second-order valence-electron chi connectivity index (χ2n) is 10.2. The summed E-state index contributed by atoms with van der Waals surface area (Å²) in [6, 6.07) is 0. The van der Waals surface area contributed by atoms with E-state index in [1.54, 1.807) is 0 Å². The average molecular weight is 520 g/mol. The van der Waals surface area contributed by atoms with Crippen LogP contribution in [-0.2, 0) is 18.6 Å². The molecule has 210 valence electrons. The van der Waals surface area contributed by atoms with E-state index in [2.05, 4.69) is 11.8 Å². The van der Waals surface area contributed by atoms with E-state index in [0.29, 0.717) is 13.1 Å². The van der Waals surface area contributed by atoms with Gasteiger partial charge in [-0.3, -0.25) is 4.79 Å². The van der Waals surface area contributed by atoms with E-state index in [0.717, 1.165) is 32.2 Å². The van der Waals surface area contributed by atoms with Crippen LogP contribution in [0.15, 0.2) is 0 Å². The minimum absolute atomic E-state index is 0.188. The summed E-state index contributed by atoms with van der Waals surface area (Å²) in [5.74, 6) is 0. The lowest BCUT2D eigenvalue weighted by Crippen LogP contribution is -2.19. The first-order chi connectivity index (χ1) is 17.1. The van der Waals surface area contributed by atoms with Crippen molar-refractivity contribution in [1.82, 2.24) is 4.90 Å². The fraction of sp³-hybridized carbons (Fsp3) is 0.964. The van der Waals surface area contributed by atoms with Crippen molar-refractivity contribution < 1.29 is 23.5 Å². The van der Waals surface area contributed by atoms with Gasteiger partial charge in [0.25, 0.3) is 6.47 Å². The minimum atomic E-state index is -1.91. The van der Waals surface area contributed by atoms with Crippen LogP contribution in [0.5, 0.6) is 0 Å². The Labute approximate surface area is 218 Å². The Morgan fingerprint density at radius 3 is 1.60 bits per heavy atom. The Hall–Kier alpha value is -0.260. The predicted molar refractivity (Wildman–Crippen MR) is 149 cm³/mol. The van der Waals surface area contributed by atoms with Gasteiger partial charge in [0.05, 0.1) is 13.2 Å². The number of nitrogens with zero attached hydrogens (tertiary/aromatic N) is 1. The molecule has 0 aliphatic carbocycles. The molecular weight excluding hydrogens is 461 g/mol. The topological polar surface area (TPSA) is 68.2 Å². The SMILES string of the molecule is CCCCCCCCCCCCCCCCCCCCC(COP(O)OCCCN(C)C)OC=O. The maximum atomic E-state index is 10.8. The summed E-state index contributed by atoms with van der Waals surface area (Å²) in [6.45, 7) is 4.30. The third kappa shape index (κ3) is 28.2. The molecule has 7 heteroatoms. The van der Waals surface area contributed by atoms with E-state index < -0.39 is 8.60 Å². The summed E-state index contributed by atoms with van der Waals surface area (Å²) in [5, 5.41) is 0. The number of rotatable bonds is 29. The van der Waals surface area contributed by atoms with Crippen molar-refractivity contribution in [3.8, 4) is 0 Å². The number of carbonyl (C=O) groups is 1. The molecule has 0 aromatic carbocycles. The van der Waals surface area contributed by atoms with Crippen LogP contribution < -0.4 is 0 Å². The second-order valence-corrected chi connectivity index (χ2v) is 11.2. The Bertz CT molecular complexity index is 428. The molecule has 2 unspecified atom stereocenters. The maximum Gasteiger partial charge on any atom is 0.329 e. The summed E-state index contributed by atoms with van der Waals surface area (Å²) < 4.78 is 15.8. The first-order valence-electron chi connectivity index (χ1n) is 14.6. The van der Waals surface area contributed by atoms with Gasteiger partial charge in [-0.25, -0.2) is 0 Å². The molecule has 6 nitrogen and oxygen atoms in total. The Balaban J connectivity index is 3.44. The number of ether oxygens (including phenoxy) is 1. The quantitative estimate of drug-likeness (QED) is 0.0611. The van der Waals surface area contributed by atoms with Crippen LogP contribution in [-0.4, -0.2) is 56.2 Å². The fourth-order valence-electron chi connectivity index (χ4n) is 4.25. The molecule has 0 radical (unpaired) electrons. The largest absolute Gasteiger partial charge is 0.462 e. The smallest absolute Gasteiger partial charge is 0.329 e. The number of unbranched alkanes of at least 4 members (excludes halogenated alkanes) is 17. The van der Waals surface area contributed by atoms with Gasteiger partial charge in [0, 0.05) is 0 Å². The highest BCUT2D eigenvalue weighted by Crippen LogP contribution is 2.33. The minimum Gasteiger partial charge on any atom is -0.462 e. The molecule has 0 amide bonds. The Morgan fingerprint density at radius 2 is 1.17 bits per heavy atom. The summed E-state index contributed by atoms with van der Waals surface area (Å²) in [5.41, 5.74) is 0. The first-order valence-corrected chi connectivity index (χ1v) is 15.7. The van der Waals surface area contributed by atoms with Crippen LogP contribution in [0.3, 0.4) is 0 Å². The highest BCUT2D eigenvalue weighted by molar-refractivity contribution is 7.40. The highest BCUT2D eigenvalue weighted by Gasteiger charge is 2.14. The van der Waals surface area contributed by atoms with E-state index in [9.17, 15) is 9.69 Å². The van der Waals surface area contributed by atoms with Crippen molar-refractivity contribution in [1.29, 1.82) is 0 Å². The van der Waals surface area contributed by atoms with Crippen molar-refractivity contribution in [2.45, 2.75) is 141 Å². The molecule has 2 atom stereocenters. The van der Waals surface area contributed by atoms with Gasteiger partial charge in [-0.2, -0.15) is 0 Å². The lowest BCUT2D eigenvalue weighted by molar-refractivity contribution is -0.135. The molecule has 0 heterocycles. The molecule has 0 aromatic heterocycles. The van der Waals surface area contributed by atoms with E-state index in [1.165, 1.54) is 103 Å². The summed E-state index contributed by atoms with van der Waals surface area (Å²) in [4.78, 5) is 22.6. The van der Waals surface area contributed by atoms with Crippen LogP contribution in [0.25, 0.3) is 0 Å². The van der Waals surface area contributed by atoms with Gasteiger partial charge >= 0.3 is 8.60 Å². The van der Waals surface area contributed by atoms with Crippen LogP contribution in [0.2, 0.25) is 0 Å². The van der Waals surface area contributed by atoms with Gasteiger partial charge in [-0.1, -0.05) is 116 Å². The van der Waals surface area contributed by atoms with Crippen LogP contribution in [0.1, 0.15) is 135 Å². The van der Waals surface area contributed by atoms with Crippen molar-refractivity contribution in [3.63, 3.8) is 0 Å². The lowest BCUT2D eigenvalue weighted by atomic mass is 10.0. The Kier molecular flexibility index (Phi) is 28.1. The molecule has 0 fully saturated rings. The molecule has 0 aliphatic heterocycles. The molecule has 0 spiro atoms. The Morgan fingerprint density at radius 1 is 0.714 bits per heavy atom. The van der Waals surface area contributed by atoms with E-state index >= 15 is 0 Å². The van der Waals surface area contributed by atoms with Crippen LogP contribution in [0, 0.1) is 0 Å². The number of hydrogen-bond acceptors (Lipinski definition) is 6. The maximum absolute atomic E-state index is 10.8. The van der Waals surface area contributed by atoms with Gasteiger partial charge < -0.3 is 23.6 Å². The first kappa shape index (κ1) is 34.7. The zero-order valence-corrected chi connectivity index (χ0v) is 24.3. The molecule has 0 aliphatic rings. The van der Waals surface area contributed by atoms with Crippen molar-refractivity contribution in [2.24, 2.45) is 0 Å². The van der Waals surface area contributed by atoms with E-state index in [4.69, 9.17) is 13.8 Å². The third-order valence-corrected chi connectivity index (χ3v) is 7.22. The predicted octanol–water partition coefficient (Wildman–Crippen LogP) is 8.16. The highest BCUT2D eigenvalue weighted by atomic mass is 31.2. The van der Waals surface area contributed by atoms with Gasteiger partial charge in [0.1, 0.15) is 6.10 Å². The molecule has 0 bridgehead atoms. The molecular formula is C28H58NO5P. The van der Waals surface area contributed by atoms with E-state index in [1.807, 2.05) is 14.1 Å². The number of hydrogen-bond donors (Lipinski definition) is 1. The molecule has 1 N–H and O–H groups in total. The van der Waals surface area contributed by atoms with Crippen molar-refractivity contribution in [3.05, 3.63) is 0 Å². The molecule has 0 saturated carbocycles. The average Bonchev–Trinajstić information content (AvgIpc) is 2.84.